The Morgan fingerprint density at radius 2 is 1.96 bits per heavy atom. The van der Waals surface area contributed by atoms with Gasteiger partial charge in [0.15, 0.2) is 10.9 Å². The number of hydrogen-bond acceptors (Lipinski definition) is 4. The first-order valence-corrected chi connectivity index (χ1v) is 9.73. The Balaban J connectivity index is 1.39. The van der Waals surface area contributed by atoms with E-state index in [1.807, 2.05) is 52.9 Å². The zero-order valence-electron chi connectivity index (χ0n) is 13.3. The van der Waals surface area contributed by atoms with Crippen molar-refractivity contribution in [2.75, 3.05) is 5.75 Å². The summed E-state index contributed by atoms with van der Waals surface area (Å²) in [6, 6.07) is 15.5. The molecule has 25 heavy (non-hydrogen) atoms. The third kappa shape index (κ3) is 3.34. The molecule has 7 heteroatoms. The number of hydrogen-bond donors (Lipinski definition) is 1. The van der Waals surface area contributed by atoms with Gasteiger partial charge < -0.3 is 0 Å². The number of fused-ring (bicyclic) bond motifs is 3. The molecule has 1 N–H and O–H groups in total. The molecule has 0 aliphatic rings. The monoisotopic (exact) mass is 414 g/mol. The normalized spacial score (nSPS) is 11.4. The highest BCUT2D eigenvalue weighted by molar-refractivity contribution is 9.10. The number of para-hydroxylation sites is 2. The second-order valence-corrected chi connectivity index (χ2v) is 7.63. The van der Waals surface area contributed by atoms with Crippen molar-refractivity contribution in [3.05, 3.63) is 58.6 Å². The first-order valence-electron chi connectivity index (χ1n) is 7.95. The quantitative estimate of drug-likeness (QED) is 0.281. The van der Waals surface area contributed by atoms with E-state index in [-0.39, 0.29) is 5.78 Å². The van der Waals surface area contributed by atoms with E-state index >= 15 is 0 Å². The first-order chi connectivity index (χ1) is 12.2. The average Bonchev–Trinajstić information content (AvgIpc) is 3.18. The minimum Gasteiger partial charge on any atom is -0.294 e. The molecule has 4 aromatic rings. The Hall–Kier alpha value is -2.12. The molecule has 2 heterocycles. The smallest absolute Gasteiger partial charge is 0.231 e. The molecule has 2 aromatic heterocycles. The Labute approximate surface area is 157 Å². The summed E-state index contributed by atoms with van der Waals surface area (Å²) in [5.41, 5.74) is 2.75. The molecule has 0 bridgehead atoms. The van der Waals surface area contributed by atoms with Gasteiger partial charge in [-0.15, -0.1) is 5.10 Å². The molecule has 0 aliphatic heterocycles. The van der Waals surface area contributed by atoms with Gasteiger partial charge in [-0.2, -0.15) is 0 Å². The van der Waals surface area contributed by atoms with Gasteiger partial charge in [-0.3, -0.25) is 9.20 Å². The number of halogens is 1. The van der Waals surface area contributed by atoms with Crippen molar-refractivity contribution < 1.29 is 4.79 Å². The number of aromatic amines is 1. The highest BCUT2D eigenvalue weighted by atomic mass is 79.9. The molecule has 0 saturated carbocycles. The van der Waals surface area contributed by atoms with E-state index < -0.39 is 0 Å². The Morgan fingerprint density at radius 1 is 1.16 bits per heavy atom. The molecular formula is C18H15BrN4OS. The van der Waals surface area contributed by atoms with Crippen LogP contribution >= 0.6 is 27.7 Å². The molecule has 2 aromatic carbocycles. The molecule has 5 nitrogen and oxygen atoms in total. The van der Waals surface area contributed by atoms with E-state index in [1.165, 1.54) is 0 Å². The molecule has 0 aliphatic carbocycles. The number of H-pyrrole nitrogens is 1. The molecule has 126 valence electrons. The summed E-state index contributed by atoms with van der Waals surface area (Å²) < 4.78 is 3.01. The van der Waals surface area contributed by atoms with Crippen LogP contribution in [0, 0.1) is 0 Å². The van der Waals surface area contributed by atoms with Gasteiger partial charge in [-0.25, -0.2) is 10.1 Å². The number of carbonyl (C=O) groups excluding carboxylic acids is 1. The third-order valence-corrected chi connectivity index (χ3v) is 5.50. The van der Waals surface area contributed by atoms with Crippen LogP contribution in [0.15, 0.2) is 58.2 Å². The lowest BCUT2D eigenvalue weighted by atomic mass is 10.1. The van der Waals surface area contributed by atoms with E-state index in [4.69, 9.17) is 0 Å². The van der Waals surface area contributed by atoms with Crippen LogP contribution in [0.5, 0.6) is 0 Å². The van der Waals surface area contributed by atoms with Gasteiger partial charge in [0.25, 0.3) is 0 Å². The van der Waals surface area contributed by atoms with Crippen LogP contribution in [0.4, 0.5) is 0 Å². The molecule has 0 amide bonds. The van der Waals surface area contributed by atoms with Gasteiger partial charge >= 0.3 is 0 Å². The van der Waals surface area contributed by atoms with Crippen LogP contribution in [-0.2, 0) is 0 Å². The summed E-state index contributed by atoms with van der Waals surface area (Å²) in [7, 11) is 0. The highest BCUT2D eigenvalue weighted by Gasteiger charge is 2.12. The summed E-state index contributed by atoms with van der Waals surface area (Å²) in [6.07, 6.45) is 1.34. The third-order valence-electron chi connectivity index (χ3n) is 3.95. The minimum atomic E-state index is 0.174. The SMILES string of the molecule is O=C(CCCSc1n[nH]c2nc3ccccc3n12)c1ccc(Br)cc1. The summed E-state index contributed by atoms with van der Waals surface area (Å²) in [6.45, 7) is 0. The van der Waals surface area contributed by atoms with Crippen molar-refractivity contribution in [3.63, 3.8) is 0 Å². The standard InChI is InChI=1S/C18H15BrN4OS/c19-13-9-7-12(8-10-13)16(24)6-3-11-25-18-22-21-17-20-14-4-1-2-5-15(14)23(17)18/h1-2,4-5,7-10H,3,6,11H2,(H,20,21). The fourth-order valence-corrected chi connectivity index (χ4v) is 3.88. The Morgan fingerprint density at radius 3 is 2.80 bits per heavy atom. The molecular weight excluding hydrogens is 400 g/mol. The molecule has 0 spiro atoms. The molecule has 0 radical (unpaired) electrons. The van der Waals surface area contributed by atoms with Crippen molar-refractivity contribution >= 4 is 50.3 Å². The van der Waals surface area contributed by atoms with Gasteiger partial charge in [0.1, 0.15) is 0 Å². The lowest BCUT2D eigenvalue weighted by molar-refractivity contribution is 0.0982. The van der Waals surface area contributed by atoms with Crippen LogP contribution in [0.2, 0.25) is 0 Å². The van der Waals surface area contributed by atoms with Crippen molar-refractivity contribution in [2.24, 2.45) is 0 Å². The number of rotatable bonds is 6. The summed E-state index contributed by atoms with van der Waals surface area (Å²) in [4.78, 5) is 16.7. The van der Waals surface area contributed by atoms with Gasteiger partial charge in [0, 0.05) is 22.2 Å². The van der Waals surface area contributed by atoms with Gasteiger partial charge in [0.05, 0.1) is 11.0 Å². The summed E-state index contributed by atoms with van der Waals surface area (Å²) in [5.74, 6) is 1.75. The summed E-state index contributed by atoms with van der Waals surface area (Å²) >= 11 is 5.02. The van der Waals surface area contributed by atoms with E-state index in [9.17, 15) is 4.79 Å². The number of Topliss-reactive ketones (excluding diaryl/α,β-unsaturated/α-hetero) is 1. The molecule has 4 rings (SSSR count). The Bertz CT molecular complexity index is 1040. The van der Waals surface area contributed by atoms with Crippen molar-refractivity contribution in [2.45, 2.75) is 18.0 Å². The molecule has 0 saturated heterocycles. The number of carbonyl (C=O) groups is 1. The maximum absolute atomic E-state index is 12.2. The van der Waals surface area contributed by atoms with E-state index in [0.717, 1.165) is 44.2 Å². The van der Waals surface area contributed by atoms with Gasteiger partial charge in [0.2, 0.25) is 5.78 Å². The van der Waals surface area contributed by atoms with Crippen molar-refractivity contribution in [3.8, 4) is 0 Å². The summed E-state index contributed by atoms with van der Waals surface area (Å²) in [5, 5.41) is 8.18. The van der Waals surface area contributed by atoms with Crippen LogP contribution in [0.1, 0.15) is 23.2 Å². The van der Waals surface area contributed by atoms with E-state index in [2.05, 4.69) is 31.1 Å². The minimum absolute atomic E-state index is 0.174. The number of benzene rings is 2. The Kier molecular flexibility index (Phi) is 4.59. The van der Waals surface area contributed by atoms with Gasteiger partial charge in [-0.1, -0.05) is 52.0 Å². The van der Waals surface area contributed by atoms with E-state index in [1.54, 1.807) is 11.8 Å². The maximum atomic E-state index is 12.2. The lowest BCUT2D eigenvalue weighted by Crippen LogP contribution is -1.99. The second kappa shape index (κ2) is 7.01. The maximum Gasteiger partial charge on any atom is 0.231 e. The fraction of sp³-hybridized carbons (Fsp3) is 0.167. The predicted octanol–water partition coefficient (Wildman–Crippen LogP) is 4.73. The van der Waals surface area contributed by atoms with Crippen LogP contribution in [0.3, 0.4) is 0 Å². The zero-order chi connectivity index (χ0) is 17.2. The van der Waals surface area contributed by atoms with Gasteiger partial charge in [-0.05, 0) is 30.7 Å². The topological polar surface area (TPSA) is 63.0 Å². The number of imidazole rings is 1. The van der Waals surface area contributed by atoms with Crippen LogP contribution < -0.4 is 0 Å². The molecule has 0 unspecified atom stereocenters. The number of aromatic nitrogens is 4. The van der Waals surface area contributed by atoms with Crippen molar-refractivity contribution in [1.82, 2.24) is 19.6 Å². The van der Waals surface area contributed by atoms with Crippen LogP contribution in [-0.4, -0.2) is 31.1 Å². The highest BCUT2D eigenvalue weighted by Crippen LogP contribution is 2.23. The number of ketones is 1. The van der Waals surface area contributed by atoms with Crippen molar-refractivity contribution in [1.29, 1.82) is 0 Å². The predicted molar refractivity (Wildman–Crippen MR) is 103 cm³/mol. The van der Waals surface area contributed by atoms with E-state index in [0.29, 0.717) is 6.42 Å². The molecule has 0 atom stereocenters. The second-order valence-electron chi connectivity index (χ2n) is 5.65. The van der Waals surface area contributed by atoms with Crippen LogP contribution in [0.25, 0.3) is 16.8 Å². The first kappa shape index (κ1) is 16.4. The zero-order valence-corrected chi connectivity index (χ0v) is 15.7. The number of nitrogens with zero attached hydrogens (tertiary/aromatic N) is 3. The largest absolute Gasteiger partial charge is 0.294 e. The number of thioether (sulfide) groups is 1. The lowest BCUT2D eigenvalue weighted by Gasteiger charge is -2.02. The number of nitrogens with one attached hydrogen (secondary N) is 1. The molecule has 0 fully saturated rings. The fourth-order valence-electron chi connectivity index (χ4n) is 2.72. The average molecular weight is 415 g/mol.